The molecule has 0 spiro atoms. The average molecular weight is 476 g/mol. The number of fused-ring (bicyclic) bond motifs is 1. The minimum Gasteiger partial charge on any atom is -0.507 e. The van der Waals surface area contributed by atoms with Crippen molar-refractivity contribution >= 4 is 21.4 Å². The average Bonchev–Trinajstić information content (AvgIpc) is 3.29. The monoisotopic (exact) mass is 475 g/mol. The van der Waals surface area contributed by atoms with Gasteiger partial charge in [-0.3, -0.25) is 0 Å². The van der Waals surface area contributed by atoms with Crippen LogP contribution in [0.25, 0.3) is 20.5 Å². The molecule has 176 valence electrons. The van der Waals surface area contributed by atoms with Crippen molar-refractivity contribution in [1.82, 2.24) is 4.90 Å². The van der Waals surface area contributed by atoms with Crippen LogP contribution in [-0.2, 0) is 0 Å². The van der Waals surface area contributed by atoms with Crippen molar-refractivity contribution in [2.24, 2.45) is 0 Å². The van der Waals surface area contributed by atoms with Crippen LogP contribution in [0.4, 0.5) is 0 Å². The van der Waals surface area contributed by atoms with Crippen LogP contribution in [0.5, 0.6) is 28.7 Å². The molecule has 5 nitrogen and oxygen atoms in total. The molecule has 1 aromatic heterocycles. The normalized spacial score (nSPS) is 14.4. The molecule has 3 aromatic carbocycles. The molecule has 0 radical (unpaired) electrons. The zero-order chi connectivity index (χ0) is 23.3. The van der Waals surface area contributed by atoms with Gasteiger partial charge in [0.15, 0.2) is 11.5 Å². The van der Waals surface area contributed by atoms with Crippen molar-refractivity contribution < 1.29 is 19.7 Å². The smallest absolute Gasteiger partial charge is 0.169 e. The van der Waals surface area contributed by atoms with Gasteiger partial charge in [-0.15, -0.1) is 11.3 Å². The number of piperidine rings is 1. The standard InChI is InChI=1S/C28H29NO4S/c30-24-19-25(31)26(18-23(24)28-17-20-7-2-3-8-27(20)34-28)33-22-11-9-21(10-12-22)32-16-6-15-29-13-4-1-5-14-29/h2-3,7-12,17-19,30-31H,1,4-6,13-16H2. The highest BCUT2D eigenvalue weighted by Gasteiger charge is 2.15. The zero-order valence-corrected chi connectivity index (χ0v) is 19.9. The molecular weight excluding hydrogens is 446 g/mol. The fourth-order valence-corrected chi connectivity index (χ4v) is 5.43. The summed E-state index contributed by atoms with van der Waals surface area (Å²) < 4.78 is 13.0. The zero-order valence-electron chi connectivity index (χ0n) is 19.1. The molecule has 1 aliphatic heterocycles. The molecule has 1 saturated heterocycles. The molecule has 34 heavy (non-hydrogen) atoms. The van der Waals surface area contributed by atoms with Gasteiger partial charge in [0.2, 0.25) is 0 Å². The van der Waals surface area contributed by atoms with Gasteiger partial charge in [0.1, 0.15) is 17.2 Å². The number of aromatic hydroxyl groups is 2. The number of benzene rings is 3. The van der Waals surface area contributed by atoms with Crippen LogP contribution in [0.3, 0.4) is 0 Å². The van der Waals surface area contributed by atoms with Crippen molar-refractivity contribution in [3.05, 3.63) is 66.7 Å². The molecule has 1 aliphatic rings. The van der Waals surface area contributed by atoms with E-state index in [1.165, 1.54) is 38.4 Å². The number of hydrogen-bond acceptors (Lipinski definition) is 6. The summed E-state index contributed by atoms with van der Waals surface area (Å²) in [7, 11) is 0. The summed E-state index contributed by atoms with van der Waals surface area (Å²) in [6.45, 7) is 4.19. The summed E-state index contributed by atoms with van der Waals surface area (Å²) in [6.07, 6.45) is 4.99. The summed E-state index contributed by atoms with van der Waals surface area (Å²) >= 11 is 1.59. The fourth-order valence-electron chi connectivity index (χ4n) is 4.34. The van der Waals surface area contributed by atoms with E-state index in [1.54, 1.807) is 17.4 Å². The quantitative estimate of drug-likeness (QED) is 0.268. The Morgan fingerprint density at radius 2 is 1.59 bits per heavy atom. The summed E-state index contributed by atoms with van der Waals surface area (Å²) in [5.74, 6) is 1.58. The lowest BCUT2D eigenvalue weighted by molar-refractivity contribution is 0.205. The Labute approximate surface area is 203 Å². The highest BCUT2D eigenvalue weighted by Crippen LogP contribution is 2.44. The van der Waals surface area contributed by atoms with Gasteiger partial charge in [-0.25, -0.2) is 0 Å². The number of rotatable bonds is 8. The predicted octanol–water partition coefficient (Wildman–Crippen LogP) is 7.03. The molecule has 0 atom stereocenters. The van der Waals surface area contributed by atoms with E-state index < -0.39 is 0 Å². The maximum atomic E-state index is 10.5. The molecule has 0 saturated carbocycles. The van der Waals surface area contributed by atoms with Crippen LogP contribution in [0.15, 0.2) is 66.7 Å². The van der Waals surface area contributed by atoms with Gasteiger partial charge in [0.25, 0.3) is 0 Å². The number of nitrogens with zero attached hydrogens (tertiary/aromatic N) is 1. The van der Waals surface area contributed by atoms with Gasteiger partial charge in [0.05, 0.1) is 6.61 Å². The second-order valence-corrected chi connectivity index (χ2v) is 9.75. The third-order valence-corrected chi connectivity index (χ3v) is 7.31. The van der Waals surface area contributed by atoms with Gasteiger partial charge < -0.3 is 24.6 Å². The van der Waals surface area contributed by atoms with Gasteiger partial charge in [-0.05, 0) is 80.2 Å². The van der Waals surface area contributed by atoms with E-state index in [0.717, 1.165) is 33.7 Å². The molecule has 6 heteroatoms. The Morgan fingerprint density at radius 3 is 2.38 bits per heavy atom. The SMILES string of the molecule is Oc1cc(O)c(-c2cc3ccccc3s2)cc1Oc1ccc(OCCCN2CCCCC2)cc1. The van der Waals surface area contributed by atoms with E-state index in [-0.39, 0.29) is 11.5 Å². The molecule has 2 N–H and O–H groups in total. The highest BCUT2D eigenvalue weighted by molar-refractivity contribution is 7.22. The first-order valence-electron chi connectivity index (χ1n) is 11.8. The van der Waals surface area contributed by atoms with Gasteiger partial charge in [-0.2, -0.15) is 0 Å². The van der Waals surface area contributed by atoms with E-state index in [4.69, 9.17) is 9.47 Å². The predicted molar refractivity (Wildman–Crippen MR) is 138 cm³/mol. The van der Waals surface area contributed by atoms with Crippen LogP contribution in [-0.4, -0.2) is 41.4 Å². The first-order valence-corrected chi connectivity index (χ1v) is 12.7. The third kappa shape index (κ3) is 5.29. The summed E-state index contributed by atoms with van der Waals surface area (Å²) in [5, 5.41) is 21.9. The maximum absolute atomic E-state index is 10.5. The molecule has 4 aromatic rings. The van der Waals surface area contributed by atoms with Crippen molar-refractivity contribution in [3.8, 4) is 39.2 Å². The van der Waals surface area contributed by atoms with Crippen LogP contribution < -0.4 is 9.47 Å². The molecule has 5 rings (SSSR count). The van der Waals surface area contributed by atoms with Crippen LogP contribution in [0.1, 0.15) is 25.7 Å². The second-order valence-electron chi connectivity index (χ2n) is 8.66. The van der Waals surface area contributed by atoms with E-state index in [2.05, 4.69) is 11.0 Å². The second kappa shape index (κ2) is 10.4. The maximum Gasteiger partial charge on any atom is 0.169 e. The topological polar surface area (TPSA) is 62.2 Å². The lowest BCUT2D eigenvalue weighted by atomic mass is 10.1. The molecule has 2 heterocycles. The molecule has 0 unspecified atom stereocenters. The molecule has 1 fully saturated rings. The van der Waals surface area contributed by atoms with Gasteiger partial charge in [-0.1, -0.05) is 24.6 Å². The number of hydrogen-bond donors (Lipinski definition) is 2. The largest absolute Gasteiger partial charge is 0.507 e. The molecule has 0 amide bonds. The van der Waals surface area contributed by atoms with Crippen molar-refractivity contribution in [2.45, 2.75) is 25.7 Å². The van der Waals surface area contributed by atoms with E-state index in [0.29, 0.717) is 23.7 Å². The third-order valence-electron chi connectivity index (χ3n) is 6.16. The summed E-state index contributed by atoms with van der Waals surface area (Å²) in [6, 6.07) is 20.5. The lowest BCUT2D eigenvalue weighted by Crippen LogP contribution is -2.31. The Bertz CT molecular complexity index is 1210. The first-order chi connectivity index (χ1) is 16.7. The van der Waals surface area contributed by atoms with Crippen molar-refractivity contribution in [2.75, 3.05) is 26.2 Å². The lowest BCUT2D eigenvalue weighted by Gasteiger charge is -2.26. The minimum atomic E-state index is -0.111. The summed E-state index contributed by atoms with van der Waals surface area (Å²) in [4.78, 5) is 3.43. The number of ether oxygens (including phenoxy) is 2. The first kappa shape index (κ1) is 22.6. The van der Waals surface area contributed by atoms with Gasteiger partial charge in [0, 0.05) is 27.8 Å². The van der Waals surface area contributed by atoms with E-state index >= 15 is 0 Å². The number of phenolic OH excluding ortho intramolecular Hbond substituents is 2. The highest BCUT2D eigenvalue weighted by atomic mass is 32.1. The molecular formula is C28H29NO4S. The number of phenols is 2. The Balaban J connectivity index is 1.22. The Kier molecular flexibility index (Phi) is 6.88. The van der Waals surface area contributed by atoms with E-state index in [1.807, 2.05) is 48.5 Å². The van der Waals surface area contributed by atoms with Gasteiger partial charge >= 0.3 is 0 Å². The molecule has 0 aliphatic carbocycles. The minimum absolute atomic E-state index is 0.0182. The molecule has 0 bridgehead atoms. The Morgan fingerprint density at radius 1 is 0.824 bits per heavy atom. The van der Waals surface area contributed by atoms with Crippen LogP contribution in [0.2, 0.25) is 0 Å². The summed E-state index contributed by atoms with van der Waals surface area (Å²) in [5.41, 5.74) is 0.627. The van der Waals surface area contributed by atoms with Crippen molar-refractivity contribution in [1.29, 1.82) is 0 Å². The van der Waals surface area contributed by atoms with E-state index in [9.17, 15) is 10.2 Å². The Hall–Kier alpha value is -3.22. The fraction of sp³-hybridized carbons (Fsp3) is 0.286. The van der Waals surface area contributed by atoms with Crippen LogP contribution in [0, 0.1) is 0 Å². The van der Waals surface area contributed by atoms with Crippen LogP contribution >= 0.6 is 11.3 Å². The number of thiophene rings is 1. The van der Waals surface area contributed by atoms with Crippen molar-refractivity contribution in [3.63, 3.8) is 0 Å². The number of likely N-dealkylation sites (tertiary alicyclic amines) is 1.